The van der Waals surface area contributed by atoms with Crippen molar-refractivity contribution >= 4 is 17.4 Å². The van der Waals surface area contributed by atoms with Crippen molar-refractivity contribution in [1.82, 2.24) is 15.0 Å². The van der Waals surface area contributed by atoms with Crippen LogP contribution in [0.15, 0.2) is 42.5 Å². The fraction of sp³-hybridized carbons (Fsp3) is 0.211. The number of anilines is 2. The van der Waals surface area contributed by atoms with Crippen molar-refractivity contribution in [2.45, 2.75) is 6.54 Å². The average Bonchev–Trinajstić information content (AvgIpc) is 3.08. The first-order chi connectivity index (χ1) is 13.6. The van der Waals surface area contributed by atoms with Gasteiger partial charge in [-0.25, -0.2) is 4.68 Å². The lowest BCUT2D eigenvalue weighted by Gasteiger charge is -2.18. The van der Waals surface area contributed by atoms with E-state index in [4.69, 9.17) is 19.9 Å². The Labute approximate surface area is 161 Å². The van der Waals surface area contributed by atoms with Gasteiger partial charge in [-0.05, 0) is 29.8 Å². The van der Waals surface area contributed by atoms with Crippen molar-refractivity contribution in [3.8, 4) is 17.2 Å². The molecule has 1 aromatic heterocycles. The molecule has 0 bridgehead atoms. The van der Waals surface area contributed by atoms with Crippen molar-refractivity contribution in [3.63, 3.8) is 0 Å². The van der Waals surface area contributed by atoms with Gasteiger partial charge in [-0.2, -0.15) is 0 Å². The smallest absolute Gasteiger partial charge is 0.280 e. The third-order valence-corrected chi connectivity index (χ3v) is 4.25. The number of hydrogen-bond acceptors (Lipinski definition) is 7. The minimum atomic E-state index is -0.453. The third kappa shape index (κ3) is 3.54. The first kappa shape index (κ1) is 17.7. The lowest BCUT2D eigenvalue weighted by molar-refractivity contribution is 0.102. The molecular formula is C19H19N5O4. The number of ether oxygens (including phenoxy) is 3. The maximum Gasteiger partial charge on any atom is 0.280 e. The monoisotopic (exact) mass is 381 g/mol. The molecule has 4 rings (SSSR count). The Morgan fingerprint density at radius 1 is 1.21 bits per heavy atom. The van der Waals surface area contributed by atoms with Gasteiger partial charge in [-0.1, -0.05) is 17.3 Å². The average molecular weight is 381 g/mol. The molecular weight excluding hydrogens is 362 g/mol. The molecule has 3 N–H and O–H groups in total. The Morgan fingerprint density at radius 2 is 2.04 bits per heavy atom. The molecule has 3 aromatic rings. The maximum atomic E-state index is 12.6. The van der Waals surface area contributed by atoms with Gasteiger partial charge in [0.2, 0.25) is 0 Å². The number of carbonyl (C=O) groups excluding carboxylic acids is 1. The predicted molar refractivity (Wildman–Crippen MR) is 102 cm³/mol. The zero-order chi connectivity index (χ0) is 19.5. The summed E-state index contributed by atoms with van der Waals surface area (Å²) in [6.07, 6.45) is 0. The number of benzene rings is 2. The van der Waals surface area contributed by atoms with Crippen LogP contribution in [0.5, 0.6) is 17.2 Å². The van der Waals surface area contributed by atoms with Crippen molar-refractivity contribution < 1.29 is 19.0 Å². The third-order valence-electron chi connectivity index (χ3n) is 4.25. The number of nitrogens with one attached hydrogen (secondary N) is 1. The second kappa shape index (κ2) is 7.47. The molecule has 0 unspecified atom stereocenters. The summed E-state index contributed by atoms with van der Waals surface area (Å²) in [4.78, 5) is 12.6. The van der Waals surface area contributed by atoms with Crippen LogP contribution in [0.4, 0.5) is 11.5 Å². The van der Waals surface area contributed by atoms with Gasteiger partial charge in [0.05, 0.1) is 13.7 Å². The molecule has 9 nitrogen and oxygen atoms in total. The molecule has 144 valence electrons. The zero-order valence-corrected chi connectivity index (χ0v) is 15.2. The van der Waals surface area contributed by atoms with Crippen molar-refractivity contribution in [3.05, 3.63) is 53.7 Å². The second-order valence-electron chi connectivity index (χ2n) is 6.15. The molecule has 0 spiro atoms. The quantitative estimate of drug-likeness (QED) is 0.694. The number of amides is 1. The van der Waals surface area contributed by atoms with Crippen LogP contribution in [0.25, 0.3) is 0 Å². The molecule has 0 aliphatic carbocycles. The Bertz CT molecular complexity index is 1020. The van der Waals surface area contributed by atoms with Crippen LogP contribution < -0.4 is 25.3 Å². The van der Waals surface area contributed by atoms with E-state index < -0.39 is 5.91 Å². The van der Waals surface area contributed by atoms with Crippen molar-refractivity contribution in [2.75, 3.05) is 31.4 Å². The van der Waals surface area contributed by atoms with Gasteiger partial charge in [0.15, 0.2) is 23.0 Å². The summed E-state index contributed by atoms with van der Waals surface area (Å²) in [7, 11) is 1.60. The van der Waals surface area contributed by atoms with E-state index in [1.54, 1.807) is 25.3 Å². The number of aromatic nitrogens is 3. The standard InChI is InChI=1S/C19H19N5O4/c1-26-14-4-2-3-12(9-14)11-24-18(20)17(22-23-24)19(25)21-13-5-6-15-16(10-13)28-8-7-27-15/h2-6,9-10H,7-8,11,20H2,1H3,(H,21,25). The molecule has 9 heteroatoms. The van der Waals surface area contributed by atoms with Gasteiger partial charge in [0, 0.05) is 11.8 Å². The molecule has 0 saturated heterocycles. The highest BCUT2D eigenvalue weighted by molar-refractivity contribution is 6.05. The van der Waals surface area contributed by atoms with Gasteiger partial charge in [-0.15, -0.1) is 5.10 Å². The van der Waals surface area contributed by atoms with Gasteiger partial charge in [0.1, 0.15) is 19.0 Å². The number of hydrogen-bond donors (Lipinski definition) is 2. The van der Waals surface area contributed by atoms with E-state index in [9.17, 15) is 4.79 Å². The van der Waals surface area contributed by atoms with Gasteiger partial charge in [0.25, 0.3) is 5.91 Å². The SMILES string of the molecule is COc1cccc(Cn2nnc(C(=O)Nc3ccc4c(c3)OCCO4)c2N)c1. The van der Waals surface area contributed by atoms with Crippen LogP contribution in [0, 0.1) is 0 Å². The molecule has 1 amide bonds. The van der Waals surface area contributed by atoms with E-state index in [0.29, 0.717) is 36.9 Å². The normalized spacial score (nSPS) is 12.5. The van der Waals surface area contributed by atoms with Gasteiger partial charge < -0.3 is 25.3 Å². The van der Waals surface area contributed by atoms with E-state index in [1.807, 2.05) is 24.3 Å². The summed E-state index contributed by atoms with van der Waals surface area (Å²) in [5.74, 6) is 1.68. The molecule has 2 heterocycles. The Kier molecular flexibility index (Phi) is 4.71. The minimum Gasteiger partial charge on any atom is -0.497 e. The predicted octanol–water partition coefficient (Wildman–Crippen LogP) is 1.94. The van der Waals surface area contributed by atoms with Crippen LogP contribution in [0.3, 0.4) is 0 Å². The Hall–Kier alpha value is -3.75. The first-order valence-corrected chi connectivity index (χ1v) is 8.67. The van der Waals surface area contributed by atoms with E-state index in [1.165, 1.54) is 4.68 Å². The molecule has 28 heavy (non-hydrogen) atoms. The highest BCUT2D eigenvalue weighted by Crippen LogP contribution is 2.32. The molecule has 0 radical (unpaired) electrons. The van der Waals surface area contributed by atoms with Crippen molar-refractivity contribution in [2.24, 2.45) is 0 Å². The molecule has 1 aliphatic rings. The summed E-state index contributed by atoms with van der Waals surface area (Å²) in [6.45, 7) is 1.34. The molecule has 1 aliphatic heterocycles. The van der Waals surface area contributed by atoms with E-state index in [2.05, 4.69) is 15.6 Å². The molecule has 2 aromatic carbocycles. The number of nitrogen functional groups attached to an aromatic ring is 1. The lowest BCUT2D eigenvalue weighted by atomic mass is 10.2. The number of nitrogens with two attached hydrogens (primary N) is 1. The highest BCUT2D eigenvalue weighted by atomic mass is 16.6. The Balaban J connectivity index is 1.49. The number of rotatable bonds is 5. The van der Waals surface area contributed by atoms with Crippen LogP contribution in [-0.4, -0.2) is 41.2 Å². The van der Waals surface area contributed by atoms with Crippen molar-refractivity contribution in [1.29, 1.82) is 0 Å². The fourth-order valence-electron chi connectivity index (χ4n) is 2.85. The number of methoxy groups -OCH3 is 1. The topological polar surface area (TPSA) is 114 Å². The number of nitrogens with zero attached hydrogens (tertiary/aromatic N) is 3. The fourth-order valence-corrected chi connectivity index (χ4v) is 2.85. The number of fused-ring (bicyclic) bond motifs is 1. The summed E-state index contributed by atoms with van der Waals surface area (Å²) in [6, 6.07) is 12.7. The lowest BCUT2D eigenvalue weighted by Crippen LogP contribution is -2.17. The van der Waals surface area contributed by atoms with Gasteiger partial charge in [-0.3, -0.25) is 4.79 Å². The maximum absolute atomic E-state index is 12.6. The van der Waals surface area contributed by atoms with Crippen LogP contribution >= 0.6 is 0 Å². The van der Waals surface area contributed by atoms with E-state index in [0.717, 1.165) is 11.3 Å². The highest BCUT2D eigenvalue weighted by Gasteiger charge is 2.19. The van der Waals surface area contributed by atoms with Crippen LogP contribution in [0.2, 0.25) is 0 Å². The van der Waals surface area contributed by atoms with Crippen LogP contribution in [-0.2, 0) is 6.54 Å². The Morgan fingerprint density at radius 3 is 2.86 bits per heavy atom. The van der Waals surface area contributed by atoms with E-state index >= 15 is 0 Å². The first-order valence-electron chi connectivity index (χ1n) is 8.67. The summed E-state index contributed by atoms with van der Waals surface area (Å²) in [5, 5.41) is 10.7. The molecule has 0 atom stereocenters. The largest absolute Gasteiger partial charge is 0.497 e. The summed E-state index contributed by atoms with van der Waals surface area (Å²) in [5.41, 5.74) is 7.62. The number of carbonyl (C=O) groups is 1. The van der Waals surface area contributed by atoms with Gasteiger partial charge >= 0.3 is 0 Å². The molecule has 0 fully saturated rings. The van der Waals surface area contributed by atoms with Crippen LogP contribution in [0.1, 0.15) is 16.1 Å². The second-order valence-corrected chi connectivity index (χ2v) is 6.15. The minimum absolute atomic E-state index is 0.0535. The zero-order valence-electron chi connectivity index (χ0n) is 15.2. The molecule has 0 saturated carbocycles. The van der Waals surface area contributed by atoms with E-state index in [-0.39, 0.29) is 11.5 Å². The summed E-state index contributed by atoms with van der Waals surface area (Å²) < 4.78 is 17.7. The summed E-state index contributed by atoms with van der Waals surface area (Å²) >= 11 is 0.